The number of halogens is 3. The molecular formula is C27H20F3N5O3. The largest absolute Gasteiger partial charge is 0.342 e. The lowest BCUT2D eigenvalue weighted by Crippen LogP contribution is -2.31. The van der Waals surface area contributed by atoms with Crippen molar-refractivity contribution in [1.29, 1.82) is 0 Å². The minimum Gasteiger partial charge on any atom is -0.342 e. The van der Waals surface area contributed by atoms with Crippen LogP contribution in [0.3, 0.4) is 0 Å². The first-order valence-electron chi connectivity index (χ1n) is 11.8. The monoisotopic (exact) mass is 519 g/mol. The van der Waals surface area contributed by atoms with Crippen LogP contribution in [-0.2, 0) is 16.0 Å². The Labute approximate surface area is 213 Å². The fourth-order valence-electron chi connectivity index (χ4n) is 4.63. The number of ether oxygens (including phenoxy) is 1. The molecule has 38 heavy (non-hydrogen) atoms. The number of aromatic nitrogens is 4. The summed E-state index contributed by atoms with van der Waals surface area (Å²) in [5.41, 5.74) is 3.53. The maximum absolute atomic E-state index is 13.9. The van der Waals surface area contributed by atoms with Crippen molar-refractivity contribution in [1.82, 2.24) is 24.6 Å². The smallest absolute Gasteiger partial charge is 0.323 e. The van der Waals surface area contributed by atoms with E-state index in [9.17, 15) is 22.8 Å². The van der Waals surface area contributed by atoms with E-state index in [-0.39, 0.29) is 30.4 Å². The van der Waals surface area contributed by atoms with E-state index in [1.54, 1.807) is 24.4 Å². The zero-order chi connectivity index (χ0) is 26.4. The molecule has 5 aromatic rings. The minimum atomic E-state index is -0.877. The van der Waals surface area contributed by atoms with E-state index >= 15 is 0 Å². The van der Waals surface area contributed by atoms with Crippen LogP contribution >= 0.6 is 0 Å². The first-order valence-corrected chi connectivity index (χ1v) is 11.8. The van der Waals surface area contributed by atoms with Crippen LogP contribution < -0.4 is 5.69 Å². The van der Waals surface area contributed by atoms with Gasteiger partial charge in [0, 0.05) is 24.4 Å². The van der Waals surface area contributed by atoms with Crippen LogP contribution in [0.15, 0.2) is 71.7 Å². The summed E-state index contributed by atoms with van der Waals surface area (Å²) in [7, 11) is 0. The van der Waals surface area contributed by atoms with Crippen molar-refractivity contribution in [3.8, 4) is 16.8 Å². The van der Waals surface area contributed by atoms with Gasteiger partial charge in [0.1, 0.15) is 29.8 Å². The van der Waals surface area contributed by atoms with Gasteiger partial charge in [0.25, 0.3) is 5.91 Å². The van der Waals surface area contributed by atoms with E-state index in [4.69, 9.17) is 4.74 Å². The van der Waals surface area contributed by atoms with E-state index in [0.29, 0.717) is 34.3 Å². The van der Waals surface area contributed by atoms with Crippen LogP contribution in [0.4, 0.5) is 13.2 Å². The van der Waals surface area contributed by atoms with Gasteiger partial charge in [-0.05, 0) is 53.9 Å². The number of fused-ring (bicyclic) bond motifs is 1. The van der Waals surface area contributed by atoms with Crippen LogP contribution in [-0.4, -0.2) is 43.7 Å². The third-order valence-corrected chi connectivity index (χ3v) is 6.43. The Bertz CT molecular complexity index is 1700. The summed E-state index contributed by atoms with van der Waals surface area (Å²) >= 11 is 0. The second kappa shape index (κ2) is 9.34. The van der Waals surface area contributed by atoms with Gasteiger partial charge in [0.2, 0.25) is 0 Å². The fraction of sp³-hybridized carbons (Fsp3) is 0.148. The molecule has 8 nitrogen and oxygen atoms in total. The molecule has 1 aliphatic rings. The van der Waals surface area contributed by atoms with Crippen LogP contribution in [0.25, 0.3) is 27.8 Å². The number of nitrogens with zero attached hydrogens (tertiary/aromatic N) is 3. The van der Waals surface area contributed by atoms with Crippen molar-refractivity contribution in [2.45, 2.75) is 12.6 Å². The number of benzene rings is 3. The lowest BCUT2D eigenvalue weighted by molar-refractivity contribution is -0.128. The Morgan fingerprint density at radius 2 is 1.63 bits per heavy atom. The van der Waals surface area contributed by atoms with Crippen molar-refractivity contribution >= 4 is 16.9 Å². The van der Waals surface area contributed by atoms with E-state index < -0.39 is 23.7 Å². The lowest BCUT2D eigenvalue weighted by atomic mass is 10.1. The molecule has 6 rings (SSSR count). The molecule has 1 unspecified atom stereocenters. The van der Waals surface area contributed by atoms with Gasteiger partial charge in [-0.15, -0.1) is 0 Å². The van der Waals surface area contributed by atoms with Crippen molar-refractivity contribution in [3.63, 3.8) is 0 Å². The molecule has 1 saturated heterocycles. The number of carbonyl (C=O) groups excluding carboxylic acids is 1. The van der Waals surface area contributed by atoms with Crippen LogP contribution in [0.2, 0.25) is 0 Å². The van der Waals surface area contributed by atoms with Gasteiger partial charge in [0.05, 0.1) is 16.7 Å². The molecule has 0 radical (unpaired) electrons. The molecule has 3 heterocycles. The number of hydrogen-bond donors (Lipinski definition) is 2. The maximum Gasteiger partial charge on any atom is 0.323 e. The molecule has 1 fully saturated rings. The Morgan fingerprint density at radius 3 is 2.39 bits per heavy atom. The summed E-state index contributed by atoms with van der Waals surface area (Å²) in [4.78, 5) is 31.3. The van der Waals surface area contributed by atoms with Gasteiger partial charge in [0.15, 0.2) is 6.23 Å². The van der Waals surface area contributed by atoms with Crippen molar-refractivity contribution < 1.29 is 22.7 Å². The van der Waals surface area contributed by atoms with E-state index in [0.717, 1.165) is 23.8 Å². The number of hydrogen-bond acceptors (Lipinski definition) is 4. The number of amides is 1. The van der Waals surface area contributed by atoms with Crippen molar-refractivity contribution in [3.05, 3.63) is 106 Å². The topological polar surface area (TPSA) is 96.0 Å². The van der Waals surface area contributed by atoms with E-state index in [1.807, 2.05) is 12.1 Å². The van der Waals surface area contributed by atoms with Gasteiger partial charge in [-0.1, -0.05) is 18.2 Å². The number of H-pyrrole nitrogens is 2. The highest BCUT2D eigenvalue weighted by atomic mass is 19.1. The quantitative estimate of drug-likeness (QED) is 0.351. The maximum atomic E-state index is 13.9. The van der Waals surface area contributed by atoms with Crippen LogP contribution in [0.1, 0.15) is 17.5 Å². The summed E-state index contributed by atoms with van der Waals surface area (Å²) in [5, 5.41) is 4.55. The fourth-order valence-corrected chi connectivity index (χ4v) is 4.63. The average Bonchev–Trinajstić information content (AvgIpc) is 3.58. The summed E-state index contributed by atoms with van der Waals surface area (Å²) in [6.45, 7) is 0.118. The third-order valence-electron chi connectivity index (χ3n) is 6.43. The standard InChI is InChI=1S/C27H20F3N5O3/c28-17-4-2-16(3-5-17)21-13-35(20-11-18(29)10-19(30)12-20)33-25(21)26-34(24(36)14-38-26)8-7-15-1-6-22-23(9-15)32-27(37)31-22/h1-6,9-13,26H,7-8,14H2,(H2,31,32,37). The second-order valence-electron chi connectivity index (χ2n) is 8.97. The lowest BCUT2D eigenvalue weighted by Gasteiger charge is -2.23. The van der Waals surface area contributed by atoms with Crippen LogP contribution in [0.5, 0.6) is 0 Å². The highest BCUT2D eigenvalue weighted by molar-refractivity contribution is 5.80. The summed E-state index contributed by atoms with van der Waals surface area (Å²) in [6.07, 6.45) is 1.16. The number of rotatable bonds is 6. The Hall–Kier alpha value is -4.64. The SMILES string of the molecule is O=C1COC(c2nn(-c3cc(F)cc(F)c3)cc2-c2ccc(F)cc2)N1CCc1ccc2[nH]c(=O)[nH]c2c1. The first kappa shape index (κ1) is 23.7. The van der Waals surface area contributed by atoms with E-state index in [2.05, 4.69) is 15.1 Å². The molecule has 192 valence electrons. The summed E-state index contributed by atoms with van der Waals surface area (Å²) < 4.78 is 48.7. The van der Waals surface area contributed by atoms with Gasteiger partial charge < -0.3 is 19.6 Å². The molecule has 0 aliphatic carbocycles. The number of aromatic amines is 2. The minimum absolute atomic E-state index is 0.141. The predicted octanol–water partition coefficient (Wildman–Crippen LogP) is 4.23. The number of carbonyl (C=O) groups is 1. The Morgan fingerprint density at radius 1 is 0.895 bits per heavy atom. The van der Waals surface area contributed by atoms with Gasteiger partial charge in [-0.25, -0.2) is 22.6 Å². The average molecular weight is 519 g/mol. The molecule has 0 bridgehead atoms. The number of imidazole rings is 1. The van der Waals surface area contributed by atoms with Gasteiger partial charge in [-0.3, -0.25) is 4.79 Å². The predicted molar refractivity (Wildman–Crippen MR) is 132 cm³/mol. The molecule has 0 saturated carbocycles. The van der Waals surface area contributed by atoms with Gasteiger partial charge in [-0.2, -0.15) is 5.10 Å². The Balaban J connectivity index is 1.36. The molecular weight excluding hydrogens is 499 g/mol. The highest BCUT2D eigenvalue weighted by Crippen LogP contribution is 2.35. The van der Waals surface area contributed by atoms with Crippen LogP contribution in [0, 0.1) is 17.5 Å². The normalized spacial score (nSPS) is 15.6. The van der Waals surface area contributed by atoms with Gasteiger partial charge >= 0.3 is 5.69 Å². The first-order chi connectivity index (χ1) is 18.3. The Kier molecular flexibility index (Phi) is 5.84. The van der Waals surface area contributed by atoms with Crippen molar-refractivity contribution in [2.75, 3.05) is 13.2 Å². The highest BCUT2D eigenvalue weighted by Gasteiger charge is 2.36. The zero-order valence-electron chi connectivity index (χ0n) is 19.7. The van der Waals surface area contributed by atoms with Crippen molar-refractivity contribution in [2.24, 2.45) is 0 Å². The molecule has 1 atom stereocenters. The number of nitrogens with one attached hydrogen (secondary N) is 2. The molecule has 11 heteroatoms. The second-order valence-corrected chi connectivity index (χ2v) is 8.97. The molecule has 2 N–H and O–H groups in total. The third kappa shape index (κ3) is 4.48. The molecule has 1 aliphatic heterocycles. The molecule has 3 aromatic carbocycles. The molecule has 2 aromatic heterocycles. The molecule has 0 spiro atoms. The zero-order valence-corrected chi connectivity index (χ0v) is 19.7. The van der Waals surface area contributed by atoms with E-state index in [1.165, 1.54) is 21.7 Å². The summed E-state index contributed by atoms with van der Waals surface area (Å²) in [6, 6.07) is 14.2. The summed E-state index contributed by atoms with van der Waals surface area (Å²) in [5.74, 6) is -2.21. The molecule has 1 amide bonds.